The molecule has 1 atom stereocenters. The molecule has 0 saturated heterocycles. The first kappa shape index (κ1) is 26.5. The van der Waals surface area contributed by atoms with Gasteiger partial charge in [0.05, 0.1) is 13.3 Å². The van der Waals surface area contributed by atoms with Gasteiger partial charge in [0.25, 0.3) is 11.8 Å². The van der Waals surface area contributed by atoms with Gasteiger partial charge in [-0.3, -0.25) is 9.59 Å². The van der Waals surface area contributed by atoms with Crippen LogP contribution in [0.5, 0.6) is 23.0 Å². The van der Waals surface area contributed by atoms with Crippen molar-refractivity contribution in [2.75, 3.05) is 13.9 Å². The molecule has 0 bridgehead atoms. The monoisotopic (exact) mass is 517 g/mol. The number of benzene rings is 3. The van der Waals surface area contributed by atoms with Gasteiger partial charge in [0, 0.05) is 5.56 Å². The lowest BCUT2D eigenvalue weighted by molar-refractivity contribution is -0.123. The van der Waals surface area contributed by atoms with Crippen molar-refractivity contribution in [1.82, 2.24) is 10.7 Å². The summed E-state index contributed by atoms with van der Waals surface area (Å²) in [6.45, 7) is 6.25. The van der Waals surface area contributed by atoms with E-state index in [2.05, 4.69) is 15.8 Å². The molecule has 2 N–H and O–H groups in total. The summed E-state index contributed by atoms with van der Waals surface area (Å²) in [5.41, 5.74) is 5.83. The molecule has 0 fully saturated rings. The Hall–Kier alpha value is -4.53. The Labute approximate surface area is 221 Å². The van der Waals surface area contributed by atoms with Crippen molar-refractivity contribution in [1.29, 1.82) is 0 Å². The second-order valence-corrected chi connectivity index (χ2v) is 9.18. The summed E-state index contributed by atoms with van der Waals surface area (Å²) in [4.78, 5) is 25.6. The van der Waals surface area contributed by atoms with Crippen LogP contribution in [0, 0.1) is 12.8 Å². The highest BCUT2D eigenvalue weighted by Crippen LogP contribution is 2.32. The summed E-state index contributed by atoms with van der Waals surface area (Å²) in [6.07, 6.45) is 1.50. The van der Waals surface area contributed by atoms with Gasteiger partial charge in [0.1, 0.15) is 12.6 Å². The normalized spacial score (nSPS) is 12.9. The molecule has 1 heterocycles. The molecular weight excluding hydrogens is 486 g/mol. The molecule has 9 nitrogen and oxygen atoms in total. The summed E-state index contributed by atoms with van der Waals surface area (Å²) in [6, 6.07) is 17.6. The molecule has 0 spiro atoms. The zero-order chi connectivity index (χ0) is 27.1. The van der Waals surface area contributed by atoms with Gasteiger partial charge in [-0.1, -0.05) is 43.7 Å². The van der Waals surface area contributed by atoms with Crippen molar-refractivity contribution in [3.05, 3.63) is 82.9 Å². The molecule has 198 valence electrons. The molecule has 2 amide bonds. The third-order valence-corrected chi connectivity index (χ3v) is 5.96. The maximum Gasteiger partial charge on any atom is 0.262 e. The first-order valence-corrected chi connectivity index (χ1v) is 12.2. The quantitative estimate of drug-likeness (QED) is 0.308. The van der Waals surface area contributed by atoms with Crippen molar-refractivity contribution in [2.45, 2.75) is 33.4 Å². The number of hydrogen-bond acceptors (Lipinski definition) is 7. The largest absolute Gasteiger partial charge is 0.493 e. The molecule has 3 aromatic carbocycles. The van der Waals surface area contributed by atoms with Gasteiger partial charge in [-0.2, -0.15) is 5.10 Å². The van der Waals surface area contributed by atoms with Crippen LogP contribution in [0.3, 0.4) is 0 Å². The van der Waals surface area contributed by atoms with E-state index in [0.29, 0.717) is 40.7 Å². The number of nitrogens with one attached hydrogen (secondary N) is 2. The molecule has 38 heavy (non-hydrogen) atoms. The first-order valence-electron chi connectivity index (χ1n) is 12.2. The van der Waals surface area contributed by atoms with Crippen molar-refractivity contribution in [2.24, 2.45) is 11.0 Å². The molecule has 1 aliphatic heterocycles. The minimum atomic E-state index is -0.794. The van der Waals surface area contributed by atoms with Crippen molar-refractivity contribution in [3.63, 3.8) is 0 Å². The molecule has 9 heteroatoms. The third-order valence-electron chi connectivity index (χ3n) is 5.96. The second-order valence-electron chi connectivity index (χ2n) is 9.18. The number of amides is 2. The SMILES string of the molecule is COc1cc(/C=N/NC(=O)C(NC(=O)c2ccc3c(c2)OCO3)C(C)C)ccc1OCc1ccc(C)cc1. The van der Waals surface area contributed by atoms with E-state index in [-0.39, 0.29) is 12.7 Å². The fourth-order valence-corrected chi connectivity index (χ4v) is 3.77. The maximum absolute atomic E-state index is 12.8. The van der Waals surface area contributed by atoms with E-state index in [1.807, 2.05) is 51.1 Å². The number of hydrogen-bond donors (Lipinski definition) is 2. The predicted octanol–water partition coefficient (Wildman–Crippen LogP) is 4.22. The van der Waals surface area contributed by atoms with Crippen LogP contribution in [0.25, 0.3) is 0 Å². The number of carbonyl (C=O) groups is 2. The standard InChI is InChI=1S/C29H31N3O6/c1-18(2)27(31-28(33)22-10-12-24-26(14-22)38-17-37-24)29(34)32-30-15-21-9-11-23(25(13-21)35-4)36-16-20-7-5-19(3)6-8-20/h5-15,18,27H,16-17H2,1-4H3,(H,31,33)(H,32,34)/b30-15+. The Morgan fingerprint density at radius 3 is 2.50 bits per heavy atom. The number of aryl methyl sites for hydroxylation is 1. The van der Waals surface area contributed by atoms with Crippen molar-refractivity contribution >= 4 is 18.0 Å². The van der Waals surface area contributed by atoms with Gasteiger partial charge in [-0.25, -0.2) is 5.43 Å². The third kappa shape index (κ3) is 6.61. The summed E-state index contributed by atoms with van der Waals surface area (Å²) in [5, 5.41) is 6.84. The van der Waals surface area contributed by atoms with Crippen LogP contribution < -0.4 is 29.7 Å². The lowest BCUT2D eigenvalue weighted by Crippen LogP contribution is -2.48. The zero-order valence-electron chi connectivity index (χ0n) is 21.8. The van der Waals surface area contributed by atoms with Crippen LogP contribution in [0.4, 0.5) is 0 Å². The lowest BCUT2D eigenvalue weighted by atomic mass is 10.0. The van der Waals surface area contributed by atoms with Gasteiger partial charge in [-0.05, 0) is 60.4 Å². The fourth-order valence-electron chi connectivity index (χ4n) is 3.77. The van der Waals surface area contributed by atoms with Gasteiger partial charge in [0.15, 0.2) is 23.0 Å². The highest BCUT2D eigenvalue weighted by Gasteiger charge is 2.25. The average Bonchev–Trinajstić information content (AvgIpc) is 3.39. The van der Waals surface area contributed by atoms with Crippen LogP contribution in [-0.2, 0) is 11.4 Å². The Kier molecular flexibility index (Phi) is 8.47. The molecule has 0 saturated carbocycles. The smallest absolute Gasteiger partial charge is 0.262 e. The summed E-state index contributed by atoms with van der Waals surface area (Å²) >= 11 is 0. The summed E-state index contributed by atoms with van der Waals surface area (Å²) in [5.74, 6) is 1.21. The van der Waals surface area contributed by atoms with Crippen LogP contribution in [0.2, 0.25) is 0 Å². The minimum Gasteiger partial charge on any atom is -0.493 e. The van der Waals surface area contributed by atoms with Crippen LogP contribution in [-0.4, -0.2) is 38.0 Å². The van der Waals surface area contributed by atoms with Gasteiger partial charge < -0.3 is 24.3 Å². The van der Waals surface area contributed by atoms with Crippen molar-refractivity contribution < 1.29 is 28.5 Å². The molecule has 0 aromatic heterocycles. The van der Waals surface area contributed by atoms with Gasteiger partial charge in [-0.15, -0.1) is 0 Å². The average molecular weight is 518 g/mol. The molecule has 1 unspecified atom stereocenters. The van der Waals surface area contributed by atoms with E-state index in [1.165, 1.54) is 11.8 Å². The highest BCUT2D eigenvalue weighted by molar-refractivity contribution is 5.98. The molecule has 4 rings (SSSR count). The number of fused-ring (bicyclic) bond motifs is 1. The number of ether oxygens (including phenoxy) is 4. The predicted molar refractivity (Wildman–Crippen MR) is 143 cm³/mol. The van der Waals surface area contributed by atoms with Crippen LogP contribution in [0.1, 0.15) is 40.9 Å². The molecule has 3 aromatic rings. The van der Waals surface area contributed by atoms with E-state index in [9.17, 15) is 9.59 Å². The number of methoxy groups -OCH3 is 1. The van der Waals surface area contributed by atoms with Gasteiger partial charge >= 0.3 is 0 Å². The Bertz CT molecular complexity index is 1320. The number of hydrazone groups is 1. The Balaban J connectivity index is 1.35. The highest BCUT2D eigenvalue weighted by atomic mass is 16.7. The Morgan fingerprint density at radius 2 is 1.76 bits per heavy atom. The van der Waals surface area contributed by atoms with Crippen molar-refractivity contribution in [3.8, 4) is 23.0 Å². The molecule has 0 aliphatic carbocycles. The first-order chi connectivity index (χ1) is 18.3. The summed E-state index contributed by atoms with van der Waals surface area (Å²) in [7, 11) is 1.56. The molecule has 1 aliphatic rings. The zero-order valence-corrected chi connectivity index (χ0v) is 21.8. The van der Waals surface area contributed by atoms with Gasteiger partial charge in [0.2, 0.25) is 6.79 Å². The van der Waals surface area contributed by atoms with Crippen LogP contribution >= 0.6 is 0 Å². The Morgan fingerprint density at radius 1 is 1.00 bits per heavy atom. The number of carbonyl (C=O) groups excluding carboxylic acids is 2. The summed E-state index contributed by atoms with van der Waals surface area (Å²) < 4.78 is 22.0. The number of nitrogens with zero attached hydrogens (tertiary/aromatic N) is 1. The van der Waals surface area contributed by atoms with E-state index in [4.69, 9.17) is 18.9 Å². The minimum absolute atomic E-state index is 0.116. The topological polar surface area (TPSA) is 107 Å². The van der Waals surface area contributed by atoms with E-state index in [0.717, 1.165) is 5.56 Å². The molecule has 0 radical (unpaired) electrons. The van der Waals surface area contributed by atoms with Crippen LogP contribution in [0.15, 0.2) is 65.8 Å². The maximum atomic E-state index is 12.8. The second kappa shape index (κ2) is 12.1. The number of rotatable bonds is 10. The lowest BCUT2D eigenvalue weighted by Gasteiger charge is -2.20. The van der Waals surface area contributed by atoms with E-state index in [1.54, 1.807) is 37.4 Å². The fraction of sp³-hybridized carbons (Fsp3) is 0.276. The molecular formula is C29H31N3O6. The van der Waals surface area contributed by atoms with E-state index < -0.39 is 17.9 Å². The van der Waals surface area contributed by atoms with E-state index >= 15 is 0 Å².